The molecule has 2 aromatic heterocycles. The van der Waals surface area contributed by atoms with E-state index < -0.39 is 0 Å². The summed E-state index contributed by atoms with van der Waals surface area (Å²) in [7, 11) is 0. The minimum atomic E-state index is -0.386. The lowest BCUT2D eigenvalue weighted by Gasteiger charge is -2.08. The molecule has 1 amide bonds. The van der Waals surface area contributed by atoms with E-state index in [1.54, 1.807) is 0 Å². The molecule has 0 fully saturated rings. The molecule has 7 nitrogen and oxygen atoms in total. The molecule has 94 valence electrons. The van der Waals surface area contributed by atoms with Crippen LogP contribution < -0.4 is 11.1 Å². The third-order valence-electron chi connectivity index (χ3n) is 2.17. The van der Waals surface area contributed by atoms with Crippen LogP contribution in [-0.4, -0.2) is 25.5 Å². The second-order valence-corrected chi connectivity index (χ2v) is 4.71. The van der Waals surface area contributed by atoms with Crippen molar-refractivity contribution in [1.29, 1.82) is 0 Å². The van der Waals surface area contributed by atoms with Gasteiger partial charge in [-0.25, -0.2) is 9.97 Å². The number of hydrogen-bond donors (Lipinski definition) is 2. The zero-order valence-corrected chi connectivity index (χ0v) is 10.7. The molecule has 0 spiro atoms. The molecule has 0 aliphatic rings. The molecule has 0 aliphatic carbocycles. The lowest BCUT2D eigenvalue weighted by molar-refractivity contribution is 0.102. The summed E-state index contributed by atoms with van der Waals surface area (Å²) in [4.78, 5) is 20.2. The van der Waals surface area contributed by atoms with Gasteiger partial charge in [-0.15, -0.1) is 5.10 Å². The summed E-state index contributed by atoms with van der Waals surface area (Å²) < 4.78 is 3.65. The van der Waals surface area contributed by atoms with E-state index in [2.05, 4.69) is 24.9 Å². The highest BCUT2D eigenvalue weighted by molar-refractivity contribution is 7.10. The van der Waals surface area contributed by atoms with Crippen molar-refractivity contribution < 1.29 is 4.79 Å². The first-order chi connectivity index (χ1) is 8.58. The van der Waals surface area contributed by atoms with Gasteiger partial charge in [-0.2, -0.15) is 0 Å². The standard InChI is InChI=1S/C10H12N6OS/c1-5(2)9-12-3-6(11)8(15-9)10(17)14-7-4-13-16-18-7/h3-5H,11H2,1-2H3,(H,14,17). The van der Waals surface area contributed by atoms with Gasteiger partial charge in [-0.1, -0.05) is 18.3 Å². The van der Waals surface area contributed by atoms with Crippen molar-refractivity contribution >= 4 is 28.1 Å². The molecule has 8 heteroatoms. The van der Waals surface area contributed by atoms with Crippen molar-refractivity contribution in [2.24, 2.45) is 0 Å². The highest BCUT2D eigenvalue weighted by Gasteiger charge is 2.15. The Balaban J connectivity index is 2.26. The first-order valence-corrected chi connectivity index (χ1v) is 6.06. The molecule has 0 saturated carbocycles. The van der Waals surface area contributed by atoms with Crippen LogP contribution in [0.25, 0.3) is 0 Å². The molecule has 2 heterocycles. The third kappa shape index (κ3) is 2.59. The van der Waals surface area contributed by atoms with Gasteiger partial charge in [0.1, 0.15) is 10.8 Å². The predicted octanol–water partition coefficient (Wildman–Crippen LogP) is 1.29. The molecule has 18 heavy (non-hydrogen) atoms. The second-order valence-electron chi connectivity index (χ2n) is 3.92. The smallest absolute Gasteiger partial charge is 0.277 e. The minimum absolute atomic E-state index is 0.127. The maximum Gasteiger partial charge on any atom is 0.277 e. The fraction of sp³-hybridized carbons (Fsp3) is 0.300. The van der Waals surface area contributed by atoms with Gasteiger partial charge in [-0.05, 0) is 0 Å². The van der Waals surface area contributed by atoms with Crippen LogP contribution in [0, 0.1) is 0 Å². The van der Waals surface area contributed by atoms with Crippen LogP contribution in [0.2, 0.25) is 0 Å². The molecule has 0 atom stereocenters. The van der Waals surface area contributed by atoms with Crippen molar-refractivity contribution in [1.82, 2.24) is 19.6 Å². The van der Waals surface area contributed by atoms with Crippen molar-refractivity contribution in [3.8, 4) is 0 Å². The number of anilines is 2. The molecule has 0 aromatic carbocycles. The zero-order valence-electron chi connectivity index (χ0n) is 9.91. The van der Waals surface area contributed by atoms with Crippen LogP contribution in [-0.2, 0) is 0 Å². The molecule has 2 aromatic rings. The van der Waals surface area contributed by atoms with Gasteiger partial charge in [0.15, 0.2) is 5.69 Å². The van der Waals surface area contributed by atoms with Crippen molar-refractivity contribution in [3.05, 3.63) is 23.9 Å². The topological polar surface area (TPSA) is 107 Å². The lowest BCUT2D eigenvalue weighted by atomic mass is 10.2. The number of nitrogens with one attached hydrogen (secondary N) is 1. The van der Waals surface area contributed by atoms with Crippen LogP contribution in [0.15, 0.2) is 12.4 Å². The number of amides is 1. The molecule has 0 radical (unpaired) electrons. The number of carbonyl (C=O) groups excluding carboxylic acids is 1. The van der Waals surface area contributed by atoms with Gasteiger partial charge < -0.3 is 11.1 Å². The van der Waals surface area contributed by atoms with E-state index in [4.69, 9.17) is 5.73 Å². The van der Waals surface area contributed by atoms with Gasteiger partial charge in [0.05, 0.1) is 18.1 Å². The number of hydrogen-bond acceptors (Lipinski definition) is 7. The monoisotopic (exact) mass is 264 g/mol. The molecule has 0 bridgehead atoms. The van der Waals surface area contributed by atoms with E-state index in [-0.39, 0.29) is 23.2 Å². The van der Waals surface area contributed by atoms with Crippen LogP contribution >= 0.6 is 11.5 Å². The molecular formula is C10H12N6OS. The number of nitrogens with two attached hydrogens (primary N) is 1. The second kappa shape index (κ2) is 5.05. The SMILES string of the molecule is CC(C)c1ncc(N)c(C(=O)Nc2cnns2)n1. The number of aromatic nitrogens is 4. The first kappa shape index (κ1) is 12.4. The first-order valence-electron chi connectivity index (χ1n) is 5.29. The maximum atomic E-state index is 12.0. The molecule has 2 rings (SSSR count). The van der Waals surface area contributed by atoms with Gasteiger partial charge in [0, 0.05) is 17.5 Å². The molecule has 0 aliphatic heterocycles. The van der Waals surface area contributed by atoms with Crippen molar-refractivity contribution in [2.75, 3.05) is 11.1 Å². The summed E-state index contributed by atoms with van der Waals surface area (Å²) in [6.45, 7) is 3.89. The van der Waals surface area contributed by atoms with E-state index in [9.17, 15) is 4.79 Å². The average Bonchev–Trinajstić information content (AvgIpc) is 2.81. The zero-order chi connectivity index (χ0) is 13.1. The normalized spacial score (nSPS) is 10.6. The summed E-state index contributed by atoms with van der Waals surface area (Å²) in [5, 5.41) is 6.80. The van der Waals surface area contributed by atoms with E-state index in [1.807, 2.05) is 13.8 Å². The summed E-state index contributed by atoms with van der Waals surface area (Å²) in [6, 6.07) is 0. The average molecular weight is 264 g/mol. The molecule has 0 saturated heterocycles. The quantitative estimate of drug-likeness (QED) is 0.865. The number of nitrogen functional groups attached to an aromatic ring is 1. The largest absolute Gasteiger partial charge is 0.396 e. The van der Waals surface area contributed by atoms with E-state index >= 15 is 0 Å². The van der Waals surface area contributed by atoms with Crippen molar-refractivity contribution in [2.45, 2.75) is 19.8 Å². The van der Waals surface area contributed by atoms with Gasteiger partial charge in [-0.3, -0.25) is 4.79 Å². The van der Waals surface area contributed by atoms with Crippen LogP contribution in [0.1, 0.15) is 36.1 Å². The Morgan fingerprint density at radius 1 is 1.44 bits per heavy atom. The van der Waals surface area contributed by atoms with Crippen LogP contribution in [0.3, 0.4) is 0 Å². The highest BCUT2D eigenvalue weighted by atomic mass is 32.1. The van der Waals surface area contributed by atoms with E-state index in [0.717, 1.165) is 11.5 Å². The summed E-state index contributed by atoms with van der Waals surface area (Å²) >= 11 is 1.09. The van der Waals surface area contributed by atoms with Gasteiger partial charge in [0.2, 0.25) is 0 Å². The fourth-order valence-electron chi connectivity index (χ4n) is 1.26. The summed E-state index contributed by atoms with van der Waals surface area (Å²) in [6.07, 6.45) is 2.91. The highest BCUT2D eigenvalue weighted by Crippen LogP contribution is 2.16. The Morgan fingerprint density at radius 3 is 2.83 bits per heavy atom. The Hall–Kier alpha value is -2.09. The lowest BCUT2D eigenvalue weighted by Crippen LogP contribution is -2.17. The minimum Gasteiger partial charge on any atom is -0.396 e. The molecule has 3 N–H and O–H groups in total. The van der Waals surface area contributed by atoms with E-state index in [1.165, 1.54) is 12.4 Å². The third-order valence-corrected chi connectivity index (χ3v) is 2.75. The number of rotatable bonds is 3. The summed E-state index contributed by atoms with van der Waals surface area (Å²) in [5.74, 6) is 0.321. The van der Waals surface area contributed by atoms with Crippen molar-refractivity contribution in [3.63, 3.8) is 0 Å². The Bertz CT molecular complexity index is 554. The Kier molecular flexibility index (Phi) is 3.47. The number of nitrogens with zero attached hydrogens (tertiary/aromatic N) is 4. The molecular weight excluding hydrogens is 252 g/mol. The van der Waals surface area contributed by atoms with E-state index in [0.29, 0.717) is 10.8 Å². The molecule has 0 unspecified atom stereocenters. The maximum absolute atomic E-state index is 12.0. The number of carbonyl (C=O) groups is 1. The van der Waals surface area contributed by atoms with Gasteiger partial charge >= 0.3 is 0 Å². The van der Waals surface area contributed by atoms with Crippen LogP contribution in [0.5, 0.6) is 0 Å². The Morgan fingerprint density at radius 2 is 2.22 bits per heavy atom. The van der Waals surface area contributed by atoms with Gasteiger partial charge in [0.25, 0.3) is 5.91 Å². The summed E-state index contributed by atoms with van der Waals surface area (Å²) in [5.41, 5.74) is 6.12. The van der Waals surface area contributed by atoms with Crippen LogP contribution in [0.4, 0.5) is 10.7 Å². The Labute approximate surface area is 108 Å². The predicted molar refractivity (Wildman–Crippen MR) is 68.4 cm³/mol. The fourth-order valence-corrected chi connectivity index (χ4v) is 1.67.